The van der Waals surface area contributed by atoms with Gasteiger partial charge in [0, 0.05) is 6.42 Å². The summed E-state index contributed by atoms with van der Waals surface area (Å²) in [7, 11) is 0. The average molecular weight is 165 g/mol. The molecule has 0 bridgehead atoms. The van der Waals surface area contributed by atoms with Gasteiger partial charge in [0.1, 0.15) is 6.10 Å². The Morgan fingerprint density at radius 1 is 1.70 bits per heavy atom. The molecule has 60 valence electrons. The normalized spacial score (nSPS) is 12.7. The van der Waals surface area contributed by atoms with Gasteiger partial charge in [0.2, 0.25) is 0 Å². The van der Waals surface area contributed by atoms with E-state index >= 15 is 0 Å². The molecule has 0 radical (unpaired) electrons. The van der Waals surface area contributed by atoms with E-state index in [1.165, 1.54) is 0 Å². The second-order valence-electron chi connectivity index (χ2n) is 2.20. The van der Waals surface area contributed by atoms with Gasteiger partial charge in [0.15, 0.2) is 0 Å². The molecule has 0 rings (SSSR count). The Bertz CT molecular complexity index is 104. The number of esters is 1. The van der Waals surface area contributed by atoms with Crippen LogP contribution < -0.4 is 0 Å². The Hall–Kier alpha value is -0.240. The Morgan fingerprint density at radius 3 is 2.70 bits per heavy atom. The molecule has 0 unspecified atom stereocenters. The van der Waals surface area contributed by atoms with Gasteiger partial charge in [-0.1, -0.05) is 6.92 Å². The standard InChI is InChI=1S/C7H13ClO2/c1-3-4-7(9)10-6(2)5-8/h6H,3-5H2,1-2H3/t6-/m1/s1. The number of hydrogen-bond donors (Lipinski definition) is 0. The number of alkyl halides is 1. The minimum Gasteiger partial charge on any atom is -0.461 e. The molecule has 0 N–H and O–H groups in total. The third-order valence-electron chi connectivity index (χ3n) is 1.00. The zero-order valence-corrected chi connectivity index (χ0v) is 7.15. The predicted molar refractivity (Wildman–Crippen MR) is 41.2 cm³/mol. The molecule has 0 fully saturated rings. The predicted octanol–water partition coefficient (Wildman–Crippen LogP) is 1.96. The Balaban J connectivity index is 3.37. The van der Waals surface area contributed by atoms with Crippen LogP contribution in [0.15, 0.2) is 0 Å². The number of rotatable bonds is 4. The first kappa shape index (κ1) is 9.76. The summed E-state index contributed by atoms with van der Waals surface area (Å²) in [5.74, 6) is 0.214. The lowest BCUT2D eigenvalue weighted by atomic mass is 10.3. The van der Waals surface area contributed by atoms with Gasteiger partial charge in [-0.25, -0.2) is 0 Å². The van der Waals surface area contributed by atoms with Crippen molar-refractivity contribution in [3.05, 3.63) is 0 Å². The van der Waals surface area contributed by atoms with E-state index in [0.29, 0.717) is 12.3 Å². The van der Waals surface area contributed by atoms with Gasteiger partial charge in [-0.05, 0) is 13.3 Å². The topological polar surface area (TPSA) is 26.3 Å². The number of halogens is 1. The molecule has 0 aliphatic rings. The van der Waals surface area contributed by atoms with Crippen LogP contribution >= 0.6 is 11.6 Å². The lowest BCUT2D eigenvalue weighted by molar-refractivity contribution is -0.147. The molecule has 0 aliphatic carbocycles. The fourth-order valence-electron chi connectivity index (χ4n) is 0.519. The first-order valence-corrected chi connectivity index (χ1v) is 3.99. The van der Waals surface area contributed by atoms with Gasteiger partial charge >= 0.3 is 5.97 Å². The fraction of sp³-hybridized carbons (Fsp3) is 0.857. The van der Waals surface area contributed by atoms with Crippen LogP contribution in [-0.4, -0.2) is 18.0 Å². The van der Waals surface area contributed by atoms with Crippen molar-refractivity contribution in [3.8, 4) is 0 Å². The number of ether oxygens (including phenoxy) is 1. The monoisotopic (exact) mass is 164 g/mol. The van der Waals surface area contributed by atoms with E-state index in [9.17, 15) is 4.79 Å². The Kier molecular flexibility index (Phi) is 5.40. The van der Waals surface area contributed by atoms with E-state index in [4.69, 9.17) is 16.3 Å². The van der Waals surface area contributed by atoms with Gasteiger partial charge < -0.3 is 4.74 Å². The quantitative estimate of drug-likeness (QED) is 0.469. The van der Waals surface area contributed by atoms with Gasteiger partial charge in [0.05, 0.1) is 5.88 Å². The van der Waals surface area contributed by atoms with Gasteiger partial charge in [0.25, 0.3) is 0 Å². The smallest absolute Gasteiger partial charge is 0.306 e. The average Bonchev–Trinajstić information content (AvgIpc) is 1.88. The van der Waals surface area contributed by atoms with Crippen molar-refractivity contribution in [2.24, 2.45) is 0 Å². The van der Waals surface area contributed by atoms with Crippen molar-refractivity contribution in [3.63, 3.8) is 0 Å². The van der Waals surface area contributed by atoms with E-state index in [1.807, 2.05) is 6.92 Å². The third-order valence-corrected chi connectivity index (χ3v) is 1.44. The summed E-state index contributed by atoms with van der Waals surface area (Å²) in [5, 5.41) is 0. The summed E-state index contributed by atoms with van der Waals surface area (Å²) in [5.41, 5.74) is 0. The molecule has 0 spiro atoms. The molecule has 10 heavy (non-hydrogen) atoms. The van der Waals surface area contributed by atoms with Crippen molar-refractivity contribution in [1.29, 1.82) is 0 Å². The molecule has 0 aromatic heterocycles. The maximum atomic E-state index is 10.7. The maximum Gasteiger partial charge on any atom is 0.306 e. The second kappa shape index (κ2) is 5.54. The van der Waals surface area contributed by atoms with Crippen molar-refractivity contribution < 1.29 is 9.53 Å². The number of carbonyl (C=O) groups excluding carboxylic acids is 1. The minimum absolute atomic E-state index is 0.152. The van der Waals surface area contributed by atoms with Crippen LogP contribution in [0.4, 0.5) is 0 Å². The Labute approximate surface area is 66.5 Å². The van der Waals surface area contributed by atoms with Crippen LogP contribution in [0.25, 0.3) is 0 Å². The summed E-state index contributed by atoms with van der Waals surface area (Å²) in [6.07, 6.45) is 1.16. The maximum absolute atomic E-state index is 10.7. The molecule has 1 atom stereocenters. The molecule has 0 amide bonds. The molecule has 0 saturated heterocycles. The first-order valence-electron chi connectivity index (χ1n) is 3.46. The Morgan fingerprint density at radius 2 is 2.30 bits per heavy atom. The molecule has 3 heteroatoms. The molecule has 0 aromatic rings. The van der Waals surface area contributed by atoms with Crippen LogP contribution in [0.1, 0.15) is 26.7 Å². The van der Waals surface area contributed by atoms with E-state index in [-0.39, 0.29) is 12.1 Å². The number of hydrogen-bond acceptors (Lipinski definition) is 2. The highest BCUT2D eigenvalue weighted by Gasteiger charge is 2.05. The van der Waals surface area contributed by atoms with Gasteiger partial charge in [-0.3, -0.25) is 4.79 Å². The SMILES string of the molecule is CCCC(=O)O[C@H](C)CCl. The molecule has 2 nitrogen and oxygen atoms in total. The zero-order chi connectivity index (χ0) is 7.98. The molecular weight excluding hydrogens is 152 g/mol. The highest BCUT2D eigenvalue weighted by molar-refractivity contribution is 6.18. The molecular formula is C7H13ClO2. The van der Waals surface area contributed by atoms with Crippen LogP contribution in [0, 0.1) is 0 Å². The summed E-state index contributed by atoms with van der Waals surface area (Å²) in [6, 6.07) is 0. The summed E-state index contributed by atoms with van der Waals surface area (Å²) >= 11 is 5.42. The summed E-state index contributed by atoms with van der Waals surface area (Å²) in [6.45, 7) is 3.72. The van der Waals surface area contributed by atoms with E-state index in [2.05, 4.69) is 0 Å². The molecule has 0 aromatic carbocycles. The van der Waals surface area contributed by atoms with Crippen LogP contribution in [0.2, 0.25) is 0 Å². The molecule has 0 aliphatic heterocycles. The molecule has 0 saturated carbocycles. The van der Waals surface area contributed by atoms with E-state index in [0.717, 1.165) is 6.42 Å². The summed E-state index contributed by atoms with van der Waals surface area (Å²) in [4.78, 5) is 10.7. The highest BCUT2D eigenvalue weighted by atomic mass is 35.5. The van der Waals surface area contributed by atoms with Crippen molar-refractivity contribution in [1.82, 2.24) is 0 Å². The van der Waals surface area contributed by atoms with Crippen molar-refractivity contribution in [2.75, 3.05) is 5.88 Å². The number of carbonyl (C=O) groups is 1. The fourth-order valence-corrected chi connectivity index (χ4v) is 0.582. The van der Waals surface area contributed by atoms with E-state index in [1.54, 1.807) is 6.92 Å². The lowest BCUT2D eigenvalue weighted by Gasteiger charge is -2.08. The van der Waals surface area contributed by atoms with Crippen LogP contribution in [-0.2, 0) is 9.53 Å². The third kappa shape index (κ3) is 4.62. The van der Waals surface area contributed by atoms with Crippen LogP contribution in [0.5, 0.6) is 0 Å². The van der Waals surface area contributed by atoms with Crippen molar-refractivity contribution in [2.45, 2.75) is 32.8 Å². The lowest BCUT2D eigenvalue weighted by Crippen LogP contribution is -2.15. The summed E-state index contributed by atoms with van der Waals surface area (Å²) < 4.78 is 4.87. The first-order chi connectivity index (χ1) is 4.70. The van der Waals surface area contributed by atoms with Crippen molar-refractivity contribution >= 4 is 17.6 Å². The van der Waals surface area contributed by atoms with Gasteiger partial charge in [-0.15, -0.1) is 11.6 Å². The van der Waals surface area contributed by atoms with E-state index < -0.39 is 0 Å². The van der Waals surface area contributed by atoms with Gasteiger partial charge in [-0.2, -0.15) is 0 Å². The molecule has 0 heterocycles. The largest absolute Gasteiger partial charge is 0.461 e. The van der Waals surface area contributed by atoms with Crippen LogP contribution in [0.3, 0.4) is 0 Å². The highest BCUT2D eigenvalue weighted by Crippen LogP contribution is 1.98. The zero-order valence-electron chi connectivity index (χ0n) is 6.39. The minimum atomic E-state index is -0.157. The second-order valence-corrected chi connectivity index (χ2v) is 2.51.